The molecule has 0 aromatic heterocycles. The minimum atomic E-state index is 0.838. The summed E-state index contributed by atoms with van der Waals surface area (Å²) in [5.74, 6) is 0. The molecule has 0 saturated carbocycles. The van der Waals surface area contributed by atoms with Crippen LogP contribution in [-0.4, -0.2) is 0 Å². The predicted molar refractivity (Wildman–Crippen MR) is 129 cm³/mol. The van der Waals surface area contributed by atoms with Gasteiger partial charge in [-0.05, 0) is 121 Å². The van der Waals surface area contributed by atoms with Crippen LogP contribution in [0.1, 0.15) is 27.8 Å². The second-order valence-corrected chi connectivity index (χ2v) is 7.96. The molecule has 6 N–H and O–H groups in total. The van der Waals surface area contributed by atoms with E-state index in [1.54, 1.807) is 0 Å². The number of nitrogen functional groups attached to an aromatic ring is 3. The molecule has 0 saturated heterocycles. The lowest BCUT2D eigenvalue weighted by Crippen LogP contribution is -1.92. The largest absolute Gasteiger partial charge is 0.399 e. The van der Waals surface area contributed by atoms with Gasteiger partial charge in [0.1, 0.15) is 0 Å². The molecule has 0 spiro atoms. The molecule has 3 nitrogen and oxygen atoms in total. The van der Waals surface area contributed by atoms with E-state index >= 15 is 0 Å². The average Bonchev–Trinajstić information content (AvgIpc) is 2.52. The van der Waals surface area contributed by atoms with Gasteiger partial charge < -0.3 is 17.2 Å². The van der Waals surface area contributed by atoms with Crippen LogP contribution in [0, 0.1) is 38.2 Å². The first-order chi connectivity index (χ1) is 12.6. The van der Waals surface area contributed by atoms with Gasteiger partial charge in [0, 0.05) is 20.6 Å². The van der Waals surface area contributed by atoms with Crippen molar-refractivity contribution in [1.82, 2.24) is 0 Å². The van der Waals surface area contributed by atoms with Crippen molar-refractivity contribution in [2.75, 3.05) is 17.2 Å². The van der Waals surface area contributed by atoms with E-state index in [2.05, 4.69) is 41.6 Å². The van der Waals surface area contributed by atoms with Crippen LogP contribution in [0.2, 0.25) is 0 Å². The highest BCUT2D eigenvalue weighted by molar-refractivity contribution is 14.1. The minimum absolute atomic E-state index is 0.838. The summed E-state index contributed by atoms with van der Waals surface area (Å²) in [7, 11) is 0. The highest BCUT2D eigenvalue weighted by Crippen LogP contribution is 2.19. The van der Waals surface area contributed by atoms with Gasteiger partial charge >= 0.3 is 0 Å². The van der Waals surface area contributed by atoms with Crippen LogP contribution in [0.5, 0.6) is 0 Å². The third-order valence-electron chi connectivity index (χ3n) is 3.81. The molecule has 144 valence electrons. The van der Waals surface area contributed by atoms with E-state index in [0.29, 0.717) is 0 Å². The van der Waals surface area contributed by atoms with E-state index in [0.717, 1.165) is 17.1 Å². The van der Waals surface area contributed by atoms with Gasteiger partial charge in [-0.15, -0.1) is 0 Å². The molecule has 0 heterocycles. The molecule has 3 aromatic rings. The van der Waals surface area contributed by atoms with Crippen molar-refractivity contribution in [1.29, 1.82) is 0 Å². The Morgan fingerprint density at radius 3 is 1.52 bits per heavy atom. The van der Waals surface area contributed by atoms with Crippen molar-refractivity contribution in [3.63, 3.8) is 0 Å². The zero-order chi connectivity index (χ0) is 20.6. The second kappa shape index (κ2) is 10.8. The van der Waals surface area contributed by atoms with Crippen LogP contribution in [0.15, 0.2) is 54.6 Å². The summed E-state index contributed by atoms with van der Waals surface area (Å²) in [5.41, 5.74) is 25.4. The fraction of sp³-hybridized carbons (Fsp3) is 0.217. The summed E-state index contributed by atoms with van der Waals surface area (Å²) in [5, 5.41) is 0. The molecule has 0 aliphatic rings. The van der Waals surface area contributed by atoms with E-state index in [4.69, 9.17) is 17.2 Å². The highest BCUT2D eigenvalue weighted by Gasteiger charge is 1.98. The maximum absolute atomic E-state index is 5.72. The lowest BCUT2D eigenvalue weighted by atomic mass is 10.1. The Kier molecular flexibility index (Phi) is 9.15. The third-order valence-corrected chi connectivity index (χ3v) is 4.94. The van der Waals surface area contributed by atoms with Gasteiger partial charge in [0.15, 0.2) is 0 Å². The molecule has 27 heavy (non-hydrogen) atoms. The van der Waals surface area contributed by atoms with Crippen LogP contribution in [0.4, 0.5) is 17.1 Å². The molecule has 0 unspecified atom stereocenters. The Morgan fingerprint density at radius 2 is 1.11 bits per heavy atom. The van der Waals surface area contributed by atoms with Gasteiger partial charge in [0.05, 0.1) is 0 Å². The van der Waals surface area contributed by atoms with Gasteiger partial charge in [-0.25, -0.2) is 0 Å². The van der Waals surface area contributed by atoms with Crippen molar-refractivity contribution in [2.45, 2.75) is 34.6 Å². The molecule has 0 fully saturated rings. The van der Waals surface area contributed by atoms with E-state index in [9.17, 15) is 0 Å². The van der Waals surface area contributed by atoms with Gasteiger partial charge in [0.25, 0.3) is 0 Å². The Balaban J connectivity index is 0.000000204. The molecule has 4 heteroatoms. The Bertz CT molecular complexity index is 798. The normalized spacial score (nSPS) is 9.56. The Morgan fingerprint density at radius 1 is 0.593 bits per heavy atom. The summed E-state index contributed by atoms with van der Waals surface area (Å²) < 4.78 is 1.25. The third kappa shape index (κ3) is 8.82. The van der Waals surface area contributed by atoms with Crippen LogP contribution in [0.3, 0.4) is 0 Å². The monoisotopic (exact) mass is 475 g/mol. The molecular weight excluding hydrogens is 445 g/mol. The zero-order valence-corrected chi connectivity index (χ0v) is 19.0. The summed E-state index contributed by atoms with van der Waals surface area (Å²) in [6.07, 6.45) is 0. The number of aryl methyl sites for hydroxylation is 4. The molecule has 3 rings (SSSR count). The summed E-state index contributed by atoms with van der Waals surface area (Å²) in [6.45, 7) is 10.2. The summed E-state index contributed by atoms with van der Waals surface area (Å²) in [6, 6.07) is 18.0. The van der Waals surface area contributed by atoms with Crippen LogP contribution in [-0.2, 0) is 0 Å². The van der Waals surface area contributed by atoms with Crippen molar-refractivity contribution >= 4 is 39.7 Å². The lowest BCUT2D eigenvalue weighted by molar-refractivity contribution is 1.37. The Labute approximate surface area is 177 Å². The number of benzene rings is 3. The SMILES string of the molecule is Cc1cc(C)cc(N)c1.Cc1cc(N)c(C)c(I)c1.Cc1cccc(N)c1. The van der Waals surface area contributed by atoms with E-state index < -0.39 is 0 Å². The molecule has 3 aromatic carbocycles. The van der Waals surface area contributed by atoms with Crippen LogP contribution >= 0.6 is 22.6 Å². The van der Waals surface area contributed by atoms with E-state index in [1.165, 1.54) is 31.4 Å². The quantitative estimate of drug-likeness (QED) is 0.278. The second-order valence-electron chi connectivity index (χ2n) is 6.80. The molecule has 0 amide bonds. The van der Waals surface area contributed by atoms with E-state index in [1.807, 2.05) is 70.2 Å². The maximum atomic E-state index is 5.72. The lowest BCUT2D eigenvalue weighted by Gasteiger charge is -2.03. The standard InChI is InChI=1S/C8H10IN.C8H11N.C7H9N/c1-5-3-7(9)6(2)8(10)4-5;1-6-3-7(2)5-8(9)4-6;1-6-3-2-4-7(8)5-6/h3-4H,10H2,1-2H3;3-5H,9H2,1-2H3;2-5H,8H2,1H3. The highest BCUT2D eigenvalue weighted by atomic mass is 127. The maximum Gasteiger partial charge on any atom is 0.0357 e. The first-order valence-electron chi connectivity index (χ1n) is 8.76. The number of hydrogen-bond donors (Lipinski definition) is 3. The minimum Gasteiger partial charge on any atom is -0.399 e. The molecule has 0 aliphatic carbocycles. The molecule has 0 aliphatic heterocycles. The topological polar surface area (TPSA) is 78.1 Å². The fourth-order valence-corrected chi connectivity index (χ4v) is 3.32. The summed E-state index contributed by atoms with van der Waals surface area (Å²) >= 11 is 2.30. The number of rotatable bonds is 0. The number of nitrogens with two attached hydrogens (primary N) is 3. The first kappa shape index (κ1) is 22.8. The number of halogens is 1. The van der Waals surface area contributed by atoms with Gasteiger partial charge in [-0.3, -0.25) is 0 Å². The average molecular weight is 475 g/mol. The van der Waals surface area contributed by atoms with Crippen molar-refractivity contribution in [2.24, 2.45) is 0 Å². The fourth-order valence-electron chi connectivity index (χ4n) is 2.52. The summed E-state index contributed by atoms with van der Waals surface area (Å²) in [4.78, 5) is 0. The van der Waals surface area contributed by atoms with Crippen molar-refractivity contribution in [3.8, 4) is 0 Å². The molecular formula is C23H30IN3. The van der Waals surface area contributed by atoms with Crippen molar-refractivity contribution < 1.29 is 0 Å². The first-order valence-corrected chi connectivity index (χ1v) is 9.84. The number of anilines is 3. The predicted octanol–water partition coefficient (Wildman–Crippen LogP) is 5.95. The van der Waals surface area contributed by atoms with Gasteiger partial charge in [-0.2, -0.15) is 0 Å². The Hall–Kier alpha value is -2.21. The van der Waals surface area contributed by atoms with Crippen LogP contribution < -0.4 is 17.2 Å². The zero-order valence-electron chi connectivity index (χ0n) is 16.8. The van der Waals surface area contributed by atoms with Gasteiger partial charge in [0.2, 0.25) is 0 Å². The molecule has 0 bridgehead atoms. The van der Waals surface area contributed by atoms with E-state index in [-0.39, 0.29) is 0 Å². The van der Waals surface area contributed by atoms with Crippen LogP contribution in [0.25, 0.3) is 0 Å². The van der Waals surface area contributed by atoms with Gasteiger partial charge in [-0.1, -0.05) is 18.2 Å². The smallest absolute Gasteiger partial charge is 0.0357 e. The van der Waals surface area contributed by atoms with Crippen molar-refractivity contribution in [3.05, 3.63) is 86.0 Å². The number of hydrogen-bond acceptors (Lipinski definition) is 3. The molecule has 0 radical (unpaired) electrons. The molecule has 0 atom stereocenters.